The molecule has 0 saturated heterocycles. The van der Waals surface area contributed by atoms with Crippen molar-refractivity contribution in [3.05, 3.63) is 146 Å². The second-order valence-corrected chi connectivity index (χ2v) is 10.8. The van der Waals surface area contributed by atoms with Gasteiger partial charge in [-0.25, -0.2) is 0 Å². The van der Waals surface area contributed by atoms with Gasteiger partial charge in [0.15, 0.2) is 0 Å². The van der Waals surface area contributed by atoms with Crippen LogP contribution in [0.5, 0.6) is 0 Å². The molecule has 0 fully saturated rings. The van der Waals surface area contributed by atoms with Crippen LogP contribution in [0.15, 0.2) is 146 Å². The van der Waals surface area contributed by atoms with E-state index >= 15 is 0 Å². The molecule has 3 aromatic heterocycles. The zero-order chi connectivity index (χ0) is 40.6. The molecule has 54 heavy (non-hydrogen) atoms. The summed E-state index contributed by atoms with van der Waals surface area (Å²) in [5.74, 6) is 0. The molecular formula is C51H69N3. The molecule has 0 amide bonds. The van der Waals surface area contributed by atoms with Crippen molar-refractivity contribution >= 4 is 65.4 Å². The summed E-state index contributed by atoms with van der Waals surface area (Å²) in [4.78, 5) is 0. The summed E-state index contributed by atoms with van der Waals surface area (Å²) in [6.45, 7) is 24.0. The zero-order valence-electron chi connectivity index (χ0n) is 36.2. The van der Waals surface area contributed by atoms with Crippen LogP contribution in [0.4, 0.5) is 0 Å². The number of fused-ring (bicyclic) bond motifs is 9. The normalized spacial score (nSPS) is 9.39. The number of nitrogens with zero attached hydrogens (tertiary/aromatic N) is 3. The summed E-state index contributed by atoms with van der Waals surface area (Å²) < 4.78 is 6.72. The highest BCUT2D eigenvalue weighted by molar-refractivity contribution is 6.09. The quantitative estimate of drug-likeness (QED) is 0.148. The molecule has 9 rings (SSSR count). The standard InChI is InChI=1S/3C13H11N.6C2H6/c3*1-14-12-8-4-2-6-10(12)11-7-3-5-9-13(11)14;6*1-2/h3*2-9H,1H3;6*1-2H3. The van der Waals surface area contributed by atoms with Crippen LogP contribution in [-0.2, 0) is 21.1 Å². The fourth-order valence-corrected chi connectivity index (χ4v) is 6.35. The minimum Gasteiger partial charge on any atom is -0.344 e. The van der Waals surface area contributed by atoms with Crippen LogP contribution in [-0.4, -0.2) is 13.7 Å². The highest BCUT2D eigenvalue weighted by atomic mass is 14.9. The smallest absolute Gasteiger partial charge is 0.0488 e. The topological polar surface area (TPSA) is 14.8 Å². The summed E-state index contributed by atoms with van der Waals surface area (Å²) in [7, 11) is 6.35. The van der Waals surface area contributed by atoms with Crippen molar-refractivity contribution in [3.63, 3.8) is 0 Å². The zero-order valence-corrected chi connectivity index (χ0v) is 36.2. The lowest BCUT2D eigenvalue weighted by Crippen LogP contribution is -1.84. The molecule has 6 aromatic carbocycles. The predicted octanol–water partition coefficient (Wildman–Crippen LogP) is 16.2. The Labute approximate surface area is 327 Å². The summed E-state index contributed by atoms with van der Waals surface area (Å²) >= 11 is 0. The first kappa shape index (κ1) is 46.7. The van der Waals surface area contributed by atoms with Gasteiger partial charge in [-0.05, 0) is 36.4 Å². The lowest BCUT2D eigenvalue weighted by Gasteiger charge is -1.95. The van der Waals surface area contributed by atoms with E-state index in [9.17, 15) is 0 Å². The minimum atomic E-state index is 1.30. The number of aromatic nitrogens is 3. The van der Waals surface area contributed by atoms with Crippen LogP contribution in [0.1, 0.15) is 83.1 Å². The third kappa shape index (κ3) is 10.4. The van der Waals surface area contributed by atoms with E-state index in [4.69, 9.17) is 0 Å². The number of aryl methyl sites for hydroxylation is 3. The molecular weight excluding hydrogens is 655 g/mol. The molecule has 9 aromatic rings. The van der Waals surface area contributed by atoms with Crippen molar-refractivity contribution in [2.75, 3.05) is 0 Å². The number of hydrogen-bond donors (Lipinski definition) is 0. The third-order valence-electron chi connectivity index (χ3n) is 8.46. The summed E-state index contributed by atoms with van der Waals surface area (Å²) in [6, 6.07) is 51.1. The molecule has 3 heteroatoms. The Hall–Kier alpha value is -5.28. The van der Waals surface area contributed by atoms with Crippen LogP contribution in [0.25, 0.3) is 65.4 Å². The molecule has 0 atom stereocenters. The van der Waals surface area contributed by atoms with Crippen molar-refractivity contribution in [1.29, 1.82) is 0 Å². The number of benzene rings is 6. The largest absolute Gasteiger partial charge is 0.344 e. The van der Waals surface area contributed by atoms with Gasteiger partial charge >= 0.3 is 0 Å². The number of hydrogen-bond acceptors (Lipinski definition) is 0. The monoisotopic (exact) mass is 724 g/mol. The van der Waals surface area contributed by atoms with E-state index in [-0.39, 0.29) is 0 Å². The summed E-state index contributed by atoms with van der Waals surface area (Å²) in [5.41, 5.74) is 7.80. The van der Waals surface area contributed by atoms with E-state index in [0.717, 1.165) is 0 Å². The molecule has 0 aliphatic heterocycles. The van der Waals surface area contributed by atoms with E-state index in [1.807, 2.05) is 83.1 Å². The van der Waals surface area contributed by atoms with Crippen molar-refractivity contribution in [2.24, 2.45) is 21.1 Å². The maximum atomic E-state index is 2.24. The first-order valence-electron chi connectivity index (χ1n) is 20.4. The molecule has 0 spiro atoms. The minimum absolute atomic E-state index is 1.30. The van der Waals surface area contributed by atoms with Gasteiger partial charge in [0.25, 0.3) is 0 Å². The van der Waals surface area contributed by atoms with E-state index in [0.29, 0.717) is 0 Å². The van der Waals surface area contributed by atoms with Crippen LogP contribution >= 0.6 is 0 Å². The Morgan fingerprint density at radius 3 is 0.444 bits per heavy atom. The fraction of sp³-hybridized carbons (Fsp3) is 0.294. The molecule has 0 saturated carbocycles. The Morgan fingerprint density at radius 1 is 0.204 bits per heavy atom. The fourth-order valence-electron chi connectivity index (χ4n) is 6.35. The Kier molecular flexibility index (Phi) is 22.2. The van der Waals surface area contributed by atoms with Gasteiger partial charge in [-0.3, -0.25) is 0 Å². The van der Waals surface area contributed by atoms with Gasteiger partial charge in [0.1, 0.15) is 0 Å². The Bertz CT molecular complexity index is 1920. The van der Waals surface area contributed by atoms with Crippen LogP contribution < -0.4 is 0 Å². The molecule has 288 valence electrons. The number of para-hydroxylation sites is 6. The van der Waals surface area contributed by atoms with E-state index in [2.05, 4.69) is 180 Å². The molecule has 0 unspecified atom stereocenters. The average Bonchev–Trinajstić information content (AvgIpc) is 3.87. The SMILES string of the molecule is CC.CC.CC.CC.CC.CC.Cn1c2ccccc2c2ccccc21.Cn1c2ccccc2c2ccccc21.Cn1c2ccccc2c2ccccc21. The van der Waals surface area contributed by atoms with Crippen LogP contribution in [0.3, 0.4) is 0 Å². The third-order valence-corrected chi connectivity index (χ3v) is 8.46. The van der Waals surface area contributed by atoms with Gasteiger partial charge in [-0.2, -0.15) is 0 Å². The maximum Gasteiger partial charge on any atom is 0.0488 e. The molecule has 3 nitrogen and oxygen atoms in total. The first-order chi connectivity index (χ1) is 26.6. The lowest BCUT2D eigenvalue weighted by molar-refractivity contribution is 1.01. The Morgan fingerprint density at radius 2 is 0.315 bits per heavy atom. The molecule has 0 aliphatic rings. The molecule has 0 radical (unpaired) electrons. The second-order valence-electron chi connectivity index (χ2n) is 10.8. The van der Waals surface area contributed by atoms with Crippen LogP contribution in [0.2, 0.25) is 0 Å². The molecule has 0 aliphatic carbocycles. The van der Waals surface area contributed by atoms with Gasteiger partial charge in [0, 0.05) is 86.6 Å². The molecule has 0 N–H and O–H groups in total. The van der Waals surface area contributed by atoms with Gasteiger partial charge in [0.2, 0.25) is 0 Å². The summed E-state index contributed by atoms with van der Waals surface area (Å²) in [6.07, 6.45) is 0. The van der Waals surface area contributed by atoms with Gasteiger partial charge in [-0.1, -0.05) is 192 Å². The van der Waals surface area contributed by atoms with E-state index in [1.54, 1.807) is 0 Å². The predicted molar refractivity (Wildman–Crippen MR) is 249 cm³/mol. The number of rotatable bonds is 0. The molecule has 3 heterocycles. The van der Waals surface area contributed by atoms with E-state index < -0.39 is 0 Å². The highest BCUT2D eigenvalue weighted by Gasteiger charge is 2.07. The average molecular weight is 724 g/mol. The van der Waals surface area contributed by atoms with Crippen molar-refractivity contribution in [1.82, 2.24) is 13.7 Å². The van der Waals surface area contributed by atoms with Gasteiger partial charge < -0.3 is 13.7 Å². The van der Waals surface area contributed by atoms with Gasteiger partial charge in [0.05, 0.1) is 0 Å². The summed E-state index contributed by atoms with van der Waals surface area (Å²) in [5, 5.41) is 8.03. The Balaban J connectivity index is 0.000000355. The molecule has 0 bridgehead atoms. The highest BCUT2D eigenvalue weighted by Crippen LogP contribution is 2.29. The van der Waals surface area contributed by atoms with Crippen molar-refractivity contribution in [2.45, 2.75) is 83.1 Å². The second kappa shape index (κ2) is 25.7. The maximum absolute atomic E-state index is 2.24. The van der Waals surface area contributed by atoms with Gasteiger partial charge in [-0.15, -0.1) is 0 Å². The van der Waals surface area contributed by atoms with Crippen molar-refractivity contribution < 1.29 is 0 Å². The lowest BCUT2D eigenvalue weighted by atomic mass is 10.2. The first-order valence-corrected chi connectivity index (χ1v) is 20.4. The van der Waals surface area contributed by atoms with Crippen LogP contribution in [0, 0.1) is 0 Å². The van der Waals surface area contributed by atoms with Crippen molar-refractivity contribution in [3.8, 4) is 0 Å². The van der Waals surface area contributed by atoms with E-state index in [1.165, 1.54) is 65.4 Å².